The molecule has 1 heterocycles. The number of esters is 1. The average molecular weight is 345 g/mol. The molecule has 19 heavy (non-hydrogen) atoms. The molecule has 1 aromatic carbocycles. The van der Waals surface area contributed by atoms with Crippen molar-refractivity contribution in [2.75, 3.05) is 11.9 Å². The SMILES string of the molecule is CCOC(=O)c1ncsc1Nc1ccc(F)cc1Br. The first-order valence-electron chi connectivity index (χ1n) is 5.44. The number of hydrogen-bond donors (Lipinski definition) is 1. The fourth-order valence-corrected chi connectivity index (χ4v) is 2.52. The normalized spacial score (nSPS) is 10.3. The van der Waals surface area contributed by atoms with E-state index in [1.54, 1.807) is 18.5 Å². The van der Waals surface area contributed by atoms with E-state index < -0.39 is 5.97 Å². The third kappa shape index (κ3) is 3.30. The van der Waals surface area contributed by atoms with E-state index in [1.807, 2.05) is 0 Å². The number of nitrogens with one attached hydrogen (secondary N) is 1. The van der Waals surface area contributed by atoms with Crippen LogP contribution < -0.4 is 5.32 Å². The molecule has 0 radical (unpaired) electrons. The Kier molecular flexibility index (Phi) is 4.49. The van der Waals surface area contributed by atoms with E-state index >= 15 is 0 Å². The van der Waals surface area contributed by atoms with Crippen LogP contribution in [-0.4, -0.2) is 17.6 Å². The molecule has 100 valence electrons. The van der Waals surface area contributed by atoms with Crippen LogP contribution >= 0.6 is 27.3 Å². The molecule has 0 spiro atoms. The van der Waals surface area contributed by atoms with Crippen molar-refractivity contribution < 1.29 is 13.9 Å². The van der Waals surface area contributed by atoms with Crippen LogP contribution in [0.5, 0.6) is 0 Å². The van der Waals surface area contributed by atoms with Gasteiger partial charge < -0.3 is 10.1 Å². The van der Waals surface area contributed by atoms with Gasteiger partial charge in [0.15, 0.2) is 5.69 Å². The van der Waals surface area contributed by atoms with Crippen LogP contribution in [0.15, 0.2) is 28.2 Å². The monoisotopic (exact) mass is 344 g/mol. The highest BCUT2D eigenvalue weighted by atomic mass is 79.9. The summed E-state index contributed by atoms with van der Waals surface area (Å²) in [6.45, 7) is 2.02. The molecule has 0 aliphatic heterocycles. The second-order valence-corrected chi connectivity index (χ2v) is 5.21. The number of benzene rings is 1. The number of hydrogen-bond acceptors (Lipinski definition) is 5. The molecule has 2 rings (SSSR count). The van der Waals surface area contributed by atoms with E-state index in [2.05, 4.69) is 26.2 Å². The largest absolute Gasteiger partial charge is 0.461 e. The third-order valence-electron chi connectivity index (χ3n) is 2.22. The molecule has 2 aromatic rings. The summed E-state index contributed by atoms with van der Waals surface area (Å²) < 4.78 is 18.5. The van der Waals surface area contributed by atoms with E-state index in [1.165, 1.54) is 23.5 Å². The highest BCUT2D eigenvalue weighted by Gasteiger charge is 2.16. The molecule has 4 nitrogen and oxygen atoms in total. The molecule has 0 fully saturated rings. The lowest BCUT2D eigenvalue weighted by molar-refractivity contribution is 0.0521. The second-order valence-electron chi connectivity index (χ2n) is 3.50. The van der Waals surface area contributed by atoms with Gasteiger partial charge in [0.2, 0.25) is 0 Å². The highest BCUT2D eigenvalue weighted by Crippen LogP contribution is 2.30. The fourth-order valence-electron chi connectivity index (χ4n) is 1.39. The van der Waals surface area contributed by atoms with Gasteiger partial charge in [0.25, 0.3) is 0 Å². The summed E-state index contributed by atoms with van der Waals surface area (Å²) in [5.41, 5.74) is 2.42. The Balaban J connectivity index is 2.24. The molecule has 0 saturated heterocycles. The topological polar surface area (TPSA) is 51.2 Å². The Morgan fingerprint density at radius 3 is 3.05 bits per heavy atom. The highest BCUT2D eigenvalue weighted by molar-refractivity contribution is 9.10. The Labute approximate surface area is 121 Å². The number of thiazole rings is 1. The summed E-state index contributed by atoms with van der Waals surface area (Å²) >= 11 is 4.52. The molecule has 0 aliphatic carbocycles. The van der Waals surface area contributed by atoms with Gasteiger partial charge in [0.05, 0.1) is 17.8 Å². The number of aromatic nitrogens is 1. The zero-order chi connectivity index (χ0) is 13.8. The van der Waals surface area contributed by atoms with Crippen LogP contribution in [0.25, 0.3) is 0 Å². The molecule has 1 N–H and O–H groups in total. The zero-order valence-corrected chi connectivity index (χ0v) is 12.3. The first-order valence-corrected chi connectivity index (χ1v) is 7.11. The maximum absolute atomic E-state index is 13.0. The van der Waals surface area contributed by atoms with Crippen molar-refractivity contribution in [3.63, 3.8) is 0 Å². The van der Waals surface area contributed by atoms with Crippen molar-refractivity contribution in [1.29, 1.82) is 0 Å². The molecule has 7 heteroatoms. The van der Waals surface area contributed by atoms with Gasteiger partial charge in [-0.25, -0.2) is 14.2 Å². The van der Waals surface area contributed by atoms with Crippen LogP contribution in [0, 0.1) is 5.82 Å². The van der Waals surface area contributed by atoms with E-state index in [4.69, 9.17) is 4.74 Å². The summed E-state index contributed by atoms with van der Waals surface area (Å²) in [4.78, 5) is 15.6. The standard InChI is InChI=1S/C12H10BrFN2O2S/c1-2-18-12(17)10-11(19-6-15-10)16-9-4-3-7(14)5-8(9)13/h3-6,16H,2H2,1H3. The molecule has 0 saturated carbocycles. The Morgan fingerprint density at radius 2 is 2.37 bits per heavy atom. The maximum Gasteiger partial charge on any atom is 0.360 e. The third-order valence-corrected chi connectivity index (χ3v) is 3.61. The van der Waals surface area contributed by atoms with Crippen molar-refractivity contribution in [3.05, 3.63) is 39.7 Å². The zero-order valence-electron chi connectivity index (χ0n) is 9.94. The van der Waals surface area contributed by atoms with Gasteiger partial charge in [-0.1, -0.05) is 0 Å². The van der Waals surface area contributed by atoms with Crippen LogP contribution in [0.4, 0.5) is 15.1 Å². The van der Waals surface area contributed by atoms with Gasteiger partial charge in [-0.2, -0.15) is 0 Å². The van der Waals surface area contributed by atoms with Crippen LogP contribution in [0.2, 0.25) is 0 Å². The Hall–Kier alpha value is -1.47. The molecular weight excluding hydrogens is 335 g/mol. The predicted molar refractivity (Wildman–Crippen MR) is 75.5 cm³/mol. The van der Waals surface area contributed by atoms with E-state index in [-0.39, 0.29) is 18.1 Å². The second kappa shape index (κ2) is 6.12. The van der Waals surface area contributed by atoms with Gasteiger partial charge in [-0.3, -0.25) is 0 Å². The fraction of sp³-hybridized carbons (Fsp3) is 0.167. The average Bonchev–Trinajstić information content (AvgIpc) is 2.81. The minimum atomic E-state index is -0.482. The molecule has 1 aromatic heterocycles. The maximum atomic E-state index is 13.0. The van der Waals surface area contributed by atoms with Gasteiger partial charge in [-0.15, -0.1) is 11.3 Å². The number of ether oxygens (including phenoxy) is 1. The van der Waals surface area contributed by atoms with Crippen LogP contribution in [0.3, 0.4) is 0 Å². The lowest BCUT2D eigenvalue weighted by Gasteiger charge is -2.08. The van der Waals surface area contributed by atoms with Crippen molar-refractivity contribution in [1.82, 2.24) is 4.98 Å². The lowest BCUT2D eigenvalue weighted by atomic mass is 10.3. The summed E-state index contributed by atoms with van der Waals surface area (Å²) in [6, 6.07) is 4.25. The molecule has 0 aliphatic rings. The number of anilines is 2. The summed E-state index contributed by atoms with van der Waals surface area (Å²) in [6.07, 6.45) is 0. The van der Waals surface area contributed by atoms with Crippen molar-refractivity contribution in [2.24, 2.45) is 0 Å². The van der Waals surface area contributed by atoms with E-state index in [0.717, 1.165) is 0 Å². The number of carbonyl (C=O) groups is 1. The summed E-state index contributed by atoms with van der Waals surface area (Å²) in [5, 5.41) is 3.59. The number of carbonyl (C=O) groups excluding carboxylic acids is 1. The Morgan fingerprint density at radius 1 is 1.58 bits per heavy atom. The number of nitrogens with zero attached hydrogens (tertiary/aromatic N) is 1. The van der Waals surface area contributed by atoms with Crippen LogP contribution in [0.1, 0.15) is 17.4 Å². The molecule has 0 atom stereocenters. The first-order chi connectivity index (χ1) is 9.11. The van der Waals surface area contributed by atoms with Crippen LogP contribution in [-0.2, 0) is 4.74 Å². The van der Waals surface area contributed by atoms with E-state index in [9.17, 15) is 9.18 Å². The lowest BCUT2D eigenvalue weighted by Crippen LogP contribution is -2.07. The number of rotatable bonds is 4. The first kappa shape index (κ1) is 14.0. The molecule has 0 bridgehead atoms. The van der Waals surface area contributed by atoms with E-state index in [0.29, 0.717) is 15.2 Å². The Bertz CT molecular complexity index is 603. The van der Waals surface area contributed by atoms with Gasteiger partial charge in [0.1, 0.15) is 10.8 Å². The predicted octanol–water partition coefficient (Wildman–Crippen LogP) is 3.97. The van der Waals surface area contributed by atoms with Crippen molar-refractivity contribution in [2.45, 2.75) is 6.92 Å². The summed E-state index contributed by atoms with van der Waals surface area (Å²) in [7, 11) is 0. The van der Waals surface area contributed by atoms with Crippen molar-refractivity contribution in [3.8, 4) is 0 Å². The van der Waals surface area contributed by atoms with Crippen molar-refractivity contribution >= 4 is 43.9 Å². The van der Waals surface area contributed by atoms with Gasteiger partial charge in [0, 0.05) is 4.47 Å². The van der Waals surface area contributed by atoms with Gasteiger partial charge in [-0.05, 0) is 41.1 Å². The quantitative estimate of drug-likeness (QED) is 0.852. The molecule has 0 unspecified atom stereocenters. The summed E-state index contributed by atoms with van der Waals surface area (Å²) in [5.74, 6) is -0.822. The molecular formula is C12H10BrFN2O2S. The minimum Gasteiger partial charge on any atom is -0.461 e. The minimum absolute atomic E-state index is 0.225. The van der Waals surface area contributed by atoms with Gasteiger partial charge >= 0.3 is 5.97 Å². The smallest absolute Gasteiger partial charge is 0.360 e. The molecule has 0 amide bonds. The number of halogens is 2.